The molecule has 0 aromatic carbocycles. The van der Waals surface area contributed by atoms with Gasteiger partial charge in [-0.2, -0.15) is 0 Å². The Morgan fingerprint density at radius 2 is 2.16 bits per heavy atom. The van der Waals surface area contributed by atoms with Crippen LogP contribution in [0.1, 0.15) is 33.1 Å². The number of aliphatic hydroxyl groups excluding tert-OH is 1. The summed E-state index contributed by atoms with van der Waals surface area (Å²) in [5.74, 6) is -0.305. The van der Waals surface area contributed by atoms with E-state index in [1.807, 2.05) is 13.8 Å². The standard InChI is InChI=1S/C15H22O4/c1-7-9-4-5-15(3,18)10-6-11(16)8(2)12(10)13(9)19-14(7)17/h7,9-13,16,18H,2,4-6H2,1,3H3/t7-,9-,10+,11-,12-,13-,15+/m0/s1. The number of ether oxygens (including phenoxy) is 1. The molecule has 3 rings (SSSR count). The van der Waals surface area contributed by atoms with Gasteiger partial charge in [0, 0.05) is 17.8 Å². The quantitative estimate of drug-likeness (QED) is 0.512. The van der Waals surface area contributed by atoms with Crippen molar-refractivity contribution in [3.63, 3.8) is 0 Å². The van der Waals surface area contributed by atoms with Crippen molar-refractivity contribution in [3.05, 3.63) is 12.2 Å². The molecule has 0 spiro atoms. The second kappa shape index (κ2) is 4.06. The molecular formula is C15H22O4. The zero-order chi connectivity index (χ0) is 13.9. The number of hydrogen-bond donors (Lipinski definition) is 2. The summed E-state index contributed by atoms with van der Waals surface area (Å²) in [6.07, 6.45) is 1.16. The van der Waals surface area contributed by atoms with Crippen molar-refractivity contribution in [1.29, 1.82) is 0 Å². The molecule has 3 fully saturated rings. The third-order valence-electron chi connectivity index (χ3n) is 5.59. The molecule has 0 aromatic heterocycles. The van der Waals surface area contributed by atoms with Gasteiger partial charge in [0.15, 0.2) is 0 Å². The molecule has 2 saturated carbocycles. The van der Waals surface area contributed by atoms with Gasteiger partial charge in [0.2, 0.25) is 0 Å². The molecule has 106 valence electrons. The van der Waals surface area contributed by atoms with Crippen molar-refractivity contribution in [2.45, 2.75) is 50.9 Å². The number of esters is 1. The predicted molar refractivity (Wildman–Crippen MR) is 69.1 cm³/mol. The Labute approximate surface area is 113 Å². The SMILES string of the molecule is C=C1[C@@H]2[C@H]3OC(=O)[C@@H](C)[C@@H]3CC[C@@](C)(O)[C@@H]2C[C@@H]1O. The normalized spacial score (nSPS) is 53.5. The first kappa shape index (κ1) is 13.1. The van der Waals surface area contributed by atoms with Gasteiger partial charge in [0.05, 0.1) is 17.6 Å². The van der Waals surface area contributed by atoms with E-state index < -0.39 is 11.7 Å². The molecule has 2 N–H and O–H groups in total. The van der Waals surface area contributed by atoms with Crippen LogP contribution >= 0.6 is 0 Å². The minimum absolute atomic E-state index is 0.0666. The molecule has 4 nitrogen and oxygen atoms in total. The van der Waals surface area contributed by atoms with Crippen LogP contribution in [0.5, 0.6) is 0 Å². The molecule has 0 bridgehead atoms. The fourth-order valence-corrected chi connectivity index (χ4v) is 4.29. The topological polar surface area (TPSA) is 66.8 Å². The highest BCUT2D eigenvalue weighted by atomic mass is 16.6. The molecule has 0 amide bonds. The first-order chi connectivity index (χ1) is 8.83. The summed E-state index contributed by atoms with van der Waals surface area (Å²) < 4.78 is 5.56. The maximum atomic E-state index is 11.8. The van der Waals surface area contributed by atoms with Crippen LogP contribution in [-0.2, 0) is 9.53 Å². The zero-order valence-electron chi connectivity index (χ0n) is 11.5. The van der Waals surface area contributed by atoms with Gasteiger partial charge in [-0.25, -0.2) is 0 Å². The van der Waals surface area contributed by atoms with E-state index in [0.717, 1.165) is 12.0 Å². The van der Waals surface area contributed by atoms with Crippen LogP contribution in [0.3, 0.4) is 0 Å². The van der Waals surface area contributed by atoms with E-state index in [4.69, 9.17) is 4.74 Å². The number of aliphatic hydroxyl groups is 2. The van der Waals surface area contributed by atoms with E-state index in [0.29, 0.717) is 12.8 Å². The maximum Gasteiger partial charge on any atom is 0.309 e. The van der Waals surface area contributed by atoms with Crippen LogP contribution in [0.15, 0.2) is 12.2 Å². The van der Waals surface area contributed by atoms with E-state index in [1.165, 1.54) is 0 Å². The molecule has 2 aliphatic carbocycles. The van der Waals surface area contributed by atoms with Crippen LogP contribution < -0.4 is 0 Å². The van der Waals surface area contributed by atoms with Gasteiger partial charge < -0.3 is 14.9 Å². The Kier molecular flexibility index (Phi) is 2.81. The van der Waals surface area contributed by atoms with Gasteiger partial charge >= 0.3 is 5.97 Å². The lowest BCUT2D eigenvalue weighted by Crippen LogP contribution is -2.39. The molecule has 0 radical (unpaired) electrons. The molecule has 1 aliphatic heterocycles. The highest BCUT2D eigenvalue weighted by Crippen LogP contribution is 2.53. The van der Waals surface area contributed by atoms with Gasteiger partial charge in [0.25, 0.3) is 0 Å². The van der Waals surface area contributed by atoms with Crippen molar-refractivity contribution < 1.29 is 19.7 Å². The minimum Gasteiger partial charge on any atom is -0.461 e. The number of rotatable bonds is 0. The Balaban J connectivity index is 2.01. The molecule has 4 heteroatoms. The fourth-order valence-electron chi connectivity index (χ4n) is 4.29. The van der Waals surface area contributed by atoms with Crippen molar-refractivity contribution >= 4 is 5.97 Å². The number of carbonyl (C=O) groups is 1. The Morgan fingerprint density at radius 1 is 1.47 bits per heavy atom. The molecule has 1 heterocycles. The van der Waals surface area contributed by atoms with Crippen molar-refractivity contribution in [2.75, 3.05) is 0 Å². The van der Waals surface area contributed by atoms with Gasteiger partial charge in [-0.3, -0.25) is 4.79 Å². The van der Waals surface area contributed by atoms with Crippen molar-refractivity contribution in [2.24, 2.45) is 23.7 Å². The number of fused-ring (bicyclic) bond motifs is 3. The van der Waals surface area contributed by atoms with E-state index in [9.17, 15) is 15.0 Å². The van der Waals surface area contributed by atoms with E-state index in [-0.39, 0.29) is 35.7 Å². The molecule has 0 unspecified atom stereocenters. The van der Waals surface area contributed by atoms with Gasteiger partial charge in [-0.1, -0.05) is 13.5 Å². The minimum atomic E-state index is -0.818. The van der Waals surface area contributed by atoms with Crippen LogP contribution in [0.25, 0.3) is 0 Å². The van der Waals surface area contributed by atoms with Crippen LogP contribution in [0.2, 0.25) is 0 Å². The third-order valence-corrected chi connectivity index (χ3v) is 5.59. The van der Waals surface area contributed by atoms with Crippen LogP contribution in [0, 0.1) is 23.7 Å². The molecular weight excluding hydrogens is 244 g/mol. The summed E-state index contributed by atoms with van der Waals surface area (Å²) >= 11 is 0. The third kappa shape index (κ3) is 1.77. The second-order valence-electron chi connectivity index (χ2n) is 6.71. The summed E-state index contributed by atoms with van der Waals surface area (Å²) in [5.41, 5.74) is -0.0919. The molecule has 19 heavy (non-hydrogen) atoms. The largest absolute Gasteiger partial charge is 0.461 e. The zero-order valence-corrected chi connectivity index (χ0v) is 11.5. The highest BCUT2D eigenvalue weighted by molar-refractivity contribution is 5.75. The van der Waals surface area contributed by atoms with Crippen molar-refractivity contribution in [3.8, 4) is 0 Å². The average Bonchev–Trinajstić information content (AvgIpc) is 2.74. The van der Waals surface area contributed by atoms with Crippen LogP contribution in [-0.4, -0.2) is 34.0 Å². The monoisotopic (exact) mass is 266 g/mol. The first-order valence-corrected chi connectivity index (χ1v) is 7.12. The Morgan fingerprint density at radius 3 is 2.84 bits per heavy atom. The lowest BCUT2D eigenvalue weighted by Gasteiger charge is -2.33. The van der Waals surface area contributed by atoms with Gasteiger partial charge in [-0.05, 0) is 31.8 Å². The molecule has 7 atom stereocenters. The lowest BCUT2D eigenvalue weighted by atomic mass is 9.77. The first-order valence-electron chi connectivity index (χ1n) is 7.12. The van der Waals surface area contributed by atoms with E-state index >= 15 is 0 Å². The number of carbonyl (C=O) groups excluding carboxylic acids is 1. The van der Waals surface area contributed by atoms with Crippen LogP contribution in [0.4, 0.5) is 0 Å². The molecule has 0 aromatic rings. The predicted octanol–water partition coefficient (Wildman–Crippen LogP) is 1.26. The maximum absolute atomic E-state index is 11.8. The summed E-state index contributed by atoms with van der Waals surface area (Å²) in [7, 11) is 0. The summed E-state index contributed by atoms with van der Waals surface area (Å²) in [6.45, 7) is 7.72. The smallest absolute Gasteiger partial charge is 0.309 e. The summed E-state index contributed by atoms with van der Waals surface area (Å²) in [5, 5.41) is 20.7. The Bertz CT molecular complexity index is 428. The van der Waals surface area contributed by atoms with Gasteiger partial charge in [0.1, 0.15) is 6.10 Å². The fraction of sp³-hybridized carbons (Fsp3) is 0.800. The van der Waals surface area contributed by atoms with Gasteiger partial charge in [-0.15, -0.1) is 0 Å². The average molecular weight is 266 g/mol. The Hall–Kier alpha value is -0.870. The summed E-state index contributed by atoms with van der Waals surface area (Å²) in [4.78, 5) is 11.8. The van der Waals surface area contributed by atoms with E-state index in [2.05, 4.69) is 6.58 Å². The highest BCUT2D eigenvalue weighted by Gasteiger charge is 2.58. The molecule has 3 aliphatic rings. The van der Waals surface area contributed by atoms with E-state index in [1.54, 1.807) is 0 Å². The number of hydrogen-bond acceptors (Lipinski definition) is 4. The molecule has 1 saturated heterocycles. The summed E-state index contributed by atoms with van der Waals surface area (Å²) in [6, 6.07) is 0. The lowest BCUT2D eigenvalue weighted by molar-refractivity contribution is -0.146. The van der Waals surface area contributed by atoms with Crippen molar-refractivity contribution in [1.82, 2.24) is 0 Å². The second-order valence-corrected chi connectivity index (χ2v) is 6.71.